The van der Waals surface area contributed by atoms with Gasteiger partial charge in [-0.3, -0.25) is 9.71 Å². The molecule has 0 bridgehead atoms. The number of ether oxygens (including phenoxy) is 1. The number of nitrogens with one attached hydrogen (secondary N) is 1. The van der Waals surface area contributed by atoms with Crippen LogP contribution in [0.2, 0.25) is 0 Å². The molecule has 0 fully saturated rings. The van der Waals surface area contributed by atoms with Crippen LogP contribution >= 0.6 is 0 Å². The van der Waals surface area contributed by atoms with Gasteiger partial charge >= 0.3 is 0 Å². The third-order valence-electron chi connectivity index (χ3n) is 2.95. The number of unbranched alkanes of at least 4 members (excludes halogenated alkanes) is 1. The average Bonchev–Trinajstić information content (AvgIpc) is 2.44. The molecule has 0 radical (unpaired) electrons. The molecule has 1 aromatic carbocycles. The van der Waals surface area contributed by atoms with Gasteiger partial charge in [-0.05, 0) is 18.6 Å². The number of pyridine rings is 1. The molecule has 20 heavy (non-hydrogen) atoms. The molecule has 0 spiro atoms. The SMILES string of the molecule is CCCCS(=O)(=O)Nc1cc(OC)cc2cccnc12. The Hall–Kier alpha value is -1.82. The number of rotatable bonds is 6. The Morgan fingerprint density at radius 1 is 1.35 bits per heavy atom. The summed E-state index contributed by atoms with van der Waals surface area (Å²) in [5, 5.41) is 0.833. The van der Waals surface area contributed by atoms with E-state index < -0.39 is 10.0 Å². The number of hydrogen-bond acceptors (Lipinski definition) is 4. The summed E-state index contributed by atoms with van der Waals surface area (Å²) in [5.74, 6) is 0.702. The smallest absolute Gasteiger partial charge is 0.232 e. The van der Waals surface area contributed by atoms with E-state index in [-0.39, 0.29) is 5.75 Å². The van der Waals surface area contributed by atoms with E-state index in [1.54, 1.807) is 25.4 Å². The molecule has 0 aliphatic heterocycles. The fourth-order valence-corrected chi connectivity index (χ4v) is 3.17. The molecule has 0 aliphatic rings. The molecule has 5 nitrogen and oxygen atoms in total. The second-order valence-corrected chi connectivity index (χ2v) is 6.37. The van der Waals surface area contributed by atoms with Crippen LogP contribution in [0.3, 0.4) is 0 Å². The van der Waals surface area contributed by atoms with Crippen molar-refractivity contribution in [2.24, 2.45) is 0 Å². The first-order valence-electron chi connectivity index (χ1n) is 6.49. The third kappa shape index (κ3) is 3.39. The molecule has 0 atom stereocenters. The van der Waals surface area contributed by atoms with E-state index in [2.05, 4.69) is 9.71 Å². The van der Waals surface area contributed by atoms with Crippen molar-refractivity contribution in [2.75, 3.05) is 17.6 Å². The van der Waals surface area contributed by atoms with Gasteiger partial charge in [0.2, 0.25) is 10.0 Å². The zero-order chi connectivity index (χ0) is 14.6. The number of benzene rings is 1. The highest BCUT2D eigenvalue weighted by atomic mass is 32.2. The summed E-state index contributed by atoms with van der Waals surface area (Å²) in [5.41, 5.74) is 1.07. The van der Waals surface area contributed by atoms with Crippen molar-refractivity contribution in [1.29, 1.82) is 0 Å². The van der Waals surface area contributed by atoms with Gasteiger partial charge in [-0.25, -0.2) is 8.42 Å². The fraction of sp³-hybridized carbons (Fsp3) is 0.357. The van der Waals surface area contributed by atoms with Gasteiger partial charge in [0, 0.05) is 17.6 Å². The lowest BCUT2D eigenvalue weighted by Gasteiger charge is -2.11. The van der Waals surface area contributed by atoms with E-state index in [1.165, 1.54) is 0 Å². The molecule has 6 heteroatoms. The maximum Gasteiger partial charge on any atom is 0.232 e. The first kappa shape index (κ1) is 14.6. The molecule has 1 heterocycles. The van der Waals surface area contributed by atoms with E-state index in [1.807, 2.05) is 19.1 Å². The minimum atomic E-state index is -3.36. The van der Waals surface area contributed by atoms with Crippen LogP contribution in [0.5, 0.6) is 5.75 Å². The molecule has 1 aromatic heterocycles. The maximum absolute atomic E-state index is 12.0. The standard InChI is InChI=1S/C14H18N2O3S/c1-3-4-8-20(17,18)16-13-10-12(19-2)9-11-6-5-7-15-14(11)13/h5-7,9-10,16H,3-4,8H2,1-2H3. The molecule has 0 amide bonds. The third-order valence-corrected chi connectivity index (χ3v) is 4.30. The molecule has 2 aromatic rings. The summed E-state index contributed by atoms with van der Waals surface area (Å²) < 4.78 is 31.8. The first-order valence-corrected chi connectivity index (χ1v) is 8.14. The minimum absolute atomic E-state index is 0.106. The highest BCUT2D eigenvalue weighted by Crippen LogP contribution is 2.28. The van der Waals surface area contributed by atoms with Crippen LogP contribution in [0.4, 0.5) is 5.69 Å². The van der Waals surface area contributed by atoms with Gasteiger partial charge in [-0.2, -0.15) is 0 Å². The number of anilines is 1. The van der Waals surface area contributed by atoms with Crippen LogP contribution in [0, 0.1) is 0 Å². The molecule has 0 saturated carbocycles. The molecule has 0 unspecified atom stereocenters. The van der Waals surface area contributed by atoms with Crippen molar-refractivity contribution in [1.82, 2.24) is 4.98 Å². The molecule has 2 rings (SSSR count). The van der Waals surface area contributed by atoms with Gasteiger partial charge in [0.1, 0.15) is 5.75 Å². The van der Waals surface area contributed by atoms with Gasteiger partial charge in [0.05, 0.1) is 24.1 Å². The summed E-state index contributed by atoms with van der Waals surface area (Å²) in [6.45, 7) is 1.96. The van der Waals surface area contributed by atoms with Gasteiger partial charge in [0.25, 0.3) is 0 Å². The van der Waals surface area contributed by atoms with Crippen molar-refractivity contribution >= 4 is 26.6 Å². The minimum Gasteiger partial charge on any atom is -0.497 e. The fourth-order valence-electron chi connectivity index (χ4n) is 1.91. The number of fused-ring (bicyclic) bond motifs is 1. The lowest BCUT2D eigenvalue weighted by molar-refractivity contribution is 0.415. The first-order chi connectivity index (χ1) is 9.55. The van der Waals surface area contributed by atoms with Crippen molar-refractivity contribution in [2.45, 2.75) is 19.8 Å². The van der Waals surface area contributed by atoms with E-state index in [0.29, 0.717) is 23.4 Å². The maximum atomic E-state index is 12.0. The zero-order valence-electron chi connectivity index (χ0n) is 11.6. The molecular formula is C14H18N2O3S. The summed E-state index contributed by atoms with van der Waals surface area (Å²) >= 11 is 0. The Labute approximate surface area is 119 Å². The van der Waals surface area contributed by atoms with E-state index in [9.17, 15) is 8.42 Å². The van der Waals surface area contributed by atoms with Crippen LogP contribution in [0.1, 0.15) is 19.8 Å². The Morgan fingerprint density at radius 2 is 2.15 bits per heavy atom. The van der Waals surface area contributed by atoms with Crippen molar-refractivity contribution in [3.63, 3.8) is 0 Å². The lowest BCUT2D eigenvalue weighted by Crippen LogP contribution is -2.17. The van der Waals surface area contributed by atoms with Gasteiger partial charge in [-0.1, -0.05) is 19.4 Å². The number of aromatic nitrogens is 1. The normalized spacial score (nSPS) is 11.5. The van der Waals surface area contributed by atoms with Crippen molar-refractivity contribution in [3.8, 4) is 5.75 Å². The van der Waals surface area contributed by atoms with E-state index in [4.69, 9.17) is 4.74 Å². The van der Waals surface area contributed by atoms with Crippen LogP contribution in [-0.2, 0) is 10.0 Å². The summed E-state index contributed by atoms with van der Waals surface area (Å²) in [4.78, 5) is 4.24. The number of nitrogens with zero attached hydrogens (tertiary/aromatic N) is 1. The monoisotopic (exact) mass is 294 g/mol. The zero-order valence-corrected chi connectivity index (χ0v) is 12.4. The molecule has 0 aliphatic carbocycles. The van der Waals surface area contributed by atoms with E-state index in [0.717, 1.165) is 11.8 Å². The number of methoxy groups -OCH3 is 1. The molecular weight excluding hydrogens is 276 g/mol. The van der Waals surface area contributed by atoms with Gasteiger partial charge in [0.15, 0.2) is 0 Å². The second-order valence-electron chi connectivity index (χ2n) is 4.52. The molecule has 0 saturated heterocycles. The Kier molecular flexibility index (Phi) is 4.44. The topological polar surface area (TPSA) is 68.3 Å². The van der Waals surface area contributed by atoms with Crippen LogP contribution in [-0.4, -0.2) is 26.3 Å². The largest absolute Gasteiger partial charge is 0.497 e. The predicted molar refractivity (Wildman–Crippen MR) is 80.6 cm³/mol. The Balaban J connectivity index is 2.42. The van der Waals surface area contributed by atoms with Gasteiger partial charge < -0.3 is 4.74 Å². The Morgan fingerprint density at radius 3 is 2.85 bits per heavy atom. The lowest BCUT2D eigenvalue weighted by atomic mass is 10.2. The predicted octanol–water partition coefficient (Wildman–Crippen LogP) is 2.79. The van der Waals surface area contributed by atoms with E-state index >= 15 is 0 Å². The summed E-state index contributed by atoms with van der Waals surface area (Å²) in [6.07, 6.45) is 3.10. The Bertz CT molecular complexity index is 699. The number of hydrogen-bond donors (Lipinski definition) is 1. The van der Waals surface area contributed by atoms with Crippen molar-refractivity contribution < 1.29 is 13.2 Å². The van der Waals surface area contributed by atoms with Crippen LogP contribution < -0.4 is 9.46 Å². The second kappa shape index (κ2) is 6.09. The molecule has 108 valence electrons. The molecule has 1 N–H and O–H groups in total. The highest BCUT2D eigenvalue weighted by molar-refractivity contribution is 7.92. The highest BCUT2D eigenvalue weighted by Gasteiger charge is 2.13. The summed E-state index contributed by atoms with van der Waals surface area (Å²) in [7, 11) is -1.81. The van der Waals surface area contributed by atoms with Crippen LogP contribution in [0.15, 0.2) is 30.5 Å². The summed E-state index contributed by atoms with van der Waals surface area (Å²) in [6, 6.07) is 7.15. The quantitative estimate of drug-likeness (QED) is 0.889. The van der Waals surface area contributed by atoms with Gasteiger partial charge in [-0.15, -0.1) is 0 Å². The van der Waals surface area contributed by atoms with Crippen LogP contribution in [0.25, 0.3) is 10.9 Å². The number of sulfonamides is 1. The van der Waals surface area contributed by atoms with Crippen molar-refractivity contribution in [3.05, 3.63) is 30.5 Å². The average molecular weight is 294 g/mol.